The summed E-state index contributed by atoms with van der Waals surface area (Å²) >= 11 is 5.90. The third kappa shape index (κ3) is 5.20. The van der Waals surface area contributed by atoms with Gasteiger partial charge in [0, 0.05) is 34.3 Å². The molecule has 33 heavy (non-hydrogen) atoms. The summed E-state index contributed by atoms with van der Waals surface area (Å²) in [4.78, 5) is 25.4. The Morgan fingerprint density at radius 2 is 1.85 bits per heavy atom. The van der Waals surface area contributed by atoms with E-state index < -0.39 is 0 Å². The Balaban J connectivity index is 1.64. The third-order valence-corrected chi connectivity index (χ3v) is 6.12. The fourth-order valence-corrected chi connectivity index (χ4v) is 4.26. The van der Waals surface area contributed by atoms with E-state index in [4.69, 9.17) is 11.6 Å². The lowest BCUT2D eigenvalue weighted by Crippen LogP contribution is -2.31. The summed E-state index contributed by atoms with van der Waals surface area (Å²) in [5.74, 6) is -0.0101. The Hall–Kier alpha value is -3.32. The minimum absolute atomic E-state index is 0.0241. The van der Waals surface area contributed by atoms with Crippen LogP contribution in [0.2, 0.25) is 5.02 Å². The predicted octanol–water partition coefficient (Wildman–Crippen LogP) is 5.79. The number of nitrogens with one attached hydrogen (secondary N) is 2. The molecule has 2 aromatic carbocycles. The van der Waals surface area contributed by atoms with Gasteiger partial charge in [-0.2, -0.15) is 9.78 Å². The monoisotopic (exact) mass is 466 g/mol. The van der Waals surface area contributed by atoms with E-state index in [1.54, 1.807) is 36.4 Å². The summed E-state index contributed by atoms with van der Waals surface area (Å²) in [5, 5.41) is 21.4. The lowest BCUT2D eigenvalue weighted by Gasteiger charge is -2.11. The van der Waals surface area contributed by atoms with Gasteiger partial charge in [-0.15, -0.1) is 0 Å². The minimum Gasteiger partial charge on any atom is -0.507 e. The summed E-state index contributed by atoms with van der Waals surface area (Å²) in [6.45, 7) is 2.56. The molecule has 7 nitrogen and oxygen atoms in total. The minimum atomic E-state index is -0.292. The number of hydrogen-bond acceptors (Lipinski definition) is 4. The van der Waals surface area contributed by atoms with Gasteiger partial charge in [-0.3, -0.25) is 4.79 Å². The summed E-state index contributed by atoms with van der Waals surface area (Å²) < 4.78 is 1.43. The van der Waals surface area contributed by atoms with E-state index in [9.17, 15) is 14.7 Å². The molecule has 1 saturated carbocycles. The molecule has 0 spiro atoms. The van der Waals surface area contributed by atoms with Gasteiger partial charge in [-0.1, -0.05) is 31.4 Å². The molecule has 0 radical (unpaired) electrons. The highest BCUT2D eigenvalue weighted by molar-refractivity contribution is 6.30. The van der Waals surface area contributed by atoms with Gasteiger partial charge in [0.15, 0.2) is 0 Å². The van der Waals surface area contributed by atoms with Crippen LogP contribution in [0.5, 0.6) is 5.75 Å². The van der Waals surface area contributed by atoms with Crippen LogP contribution in [0.4, 0.5) is 10.5 Å². The van der Waals surface area contributed by atoms with Crippen LogP contribution in [-0.4, -0.2) is 33.4 Å². The molecule has 1 fully saturated rings. The largest absolute Gasteiger partial charge is 0.507 e. The average Bonchev–Trinajstić information content (AvgIpc) is 3.49. The number of phenols is 1. The number of anilines is 1. The summed E-state index contributed by atoms with van der Waals surface area (Å²) in [6.07, 6.45) is 5.10. The standard InChI is InChI=1S/C25H27ClN4O3/c1-2-13-27-25(33)30-22(16-5-3-4-6-16)15-21(29-30)20-14-19(11-12-23(20)31)28-24(32)17-7-9-18(26)10-8-17/h7-12,14-16,31H,2-6,13H2,1H3,(H,27,33)(H,28,32). The zero-order chi connectivity index (χ0) is 23.4. The van der Waals surface area contributed by atoms with Gasteiger partial charge < -0.3 is 15.7 Å². The molecule has 172 valence electrons. The van der Waals surface area contributed by atoms with E-state index in [1.807, 2.05) is 13.0 Å². The maximum absolute atomic E-state index is 12.8. The first-order valence-corrected chi connectivity index (χ1v) is 11.6. The summed E-state index contributed by atoms with van der Waals surface area (Å²) in [7, 11) is 0. The van der Waals surface area contributed by atoms with Crippen molar-refractivity contribution in [1.82, 2.24) is 15.1 Å². The molecule has 0 atom stereocenters. The number of phenolic OH excluding ortho intramolecular Hbond substituents is 1. The lowest BCUT2D eigenvalue weighted by atomic mass is 10.0. The highest BCUT2D eigenvalue weighted by atomic mass is 35.5. The van der Waals surface area contributed by atoms with Gasteiger partial charge in [-0.25, -0.2) is 4.79 Å². The van der Waals surface area contributed by atoms with Gasteiger partial charge >= 0.3 is 6.03 Å². The topological polar surface area (TPSA) is 96.3 Å². The quantitative estimate of drug-likeness (QED) is 0.401. The van der Waals surface area contributed by atoms with Crippen molar-refractivity contribution in [3.63, 3.8) is 0 Å². The van der Waals surface area contributed by atoms with Crippen LogP contribution in [0.15, 0.2) is 48.5 Å². The molecule has 2 amide bonds. The number of rotatable bonds is 6. The fourth-order valence-electron chi connectivity index (χ4n) is 4.13. The smallest absolute Gasteiger partial charge is 0.342 e. The number of hydrogen-bond donors (Lipinski definition) is 3. The molecule has 3 N–H and O–H groups in total. The molecule has 0 unspecified atom stereocenters. The Labute approximate surface area is 197 Å². The van der Waals surface area contributed by atoms with Crippen molar-refractivity contribution in [3.05, 3.63) is 64.8 Å². The zero-order valence-electron chi connectivity index (χ0n) is 18.5. The van der Waals surface area contributed by atoms with Crippen molar-refractivity contribution in [2.24, 2.45) is 0 Å². The number of carbonyl (C=O) groups is 2. The number of halogens is 1. The van der Waals surface area contributed by atoms with Gasteiger partial charge in [0.1, 0.15) is 5.75 Å². The number of carbonyl (C=O) groups excluding carboxylic acids is 2. The average molecular weight is 467 g/mol. The zero-order valence-corrected chi connectivity index (χ0v) is 19.2. The second-order valence-corrected chi connectivity index (χ2v) is 8.71. The number of aromatic hydroxyl groups is 1. The second-order valence-electron chi connectivity index (χ2n) is 8.27. The summed E-state index contributed by atoms with van der Waals surface area (Å²) in [5.41, 5.74) is 2.77. The van der Waals surface area contributed by atoms with Gasteiger partial charge in [0.2, 0.25) is 0 Å². The van der Waals surface area contributed by atoms with Crippen molar-refractivity contribution >= 4 is 29.2 Å². The summed E-state index contributed by atoms with van der Waals surface area (Å²) in [6, 6.07) is 13.0. The van der Waals surface area contributed by atoms with E-state index in [-0.39, 0.29) is 23.6 Å². The molecule has 4 rings (SSSR count). The first-order chi connectivity index (χ1) is 16.0. The number of benzene rings is 2. The van der Waals surface area contributed by atoms with Gasteiger partial charge in [-0.05, 0) is 67.8 Å². The molecule has 1 aliphatic carbocycles. The van der Waals surface area contributed by atoms with Crippen molar-refractivity contribution < 1.29 is 14.7 Å². The van der Waals surface area contributed by atoms with Crippen molar-refractivity contribution in [2.45, 2.75) is 44.9 Å². The molecular formula is C25H27ClN4O3. The number of nitrogens with zero attached hydrogens (tertiary/aromatic N) is 2. The van der Waals surface area contributed by atoms with Gasteiger partial charge in [0.25, 0.3) is 5.91 Å². The fraction of sp³-hybridized carbons (Fsp3) is 0.320. The predicted molar refractivity (Wildman–Crippen MR) is 129 cm³/mol. The van der Waals surface area contributed by atoms with E-state index in [1.165, 1.54) is 10.7 Å². The van der Waals surface area contributed by atoms with Crippen LogP contribution >= 0.6 is 11.6 Å². The molecule has 1 aromatic heterocycles. The first kappa shape index (κ1) is 22.9. The van der Waals surface area contributed by atoms with Crippen LogP contribution in [0.1, 0.15) is 61.0 Å². The van der Waals surface area contributed by atoms with Crippen LogP contribution in [0.25, 0.3) is 11.3 Å². The molecule has 3 aromatic rings. The Morgan fingerprint density at radius 1 is 1.12 bits per heavy atom. The maximum Gasteiger partial charge on any atom is 0.342 e. The number of amides is 2. The molecular weight excluding hydrogens is 440 g/mol. The Kier molecular flexibility index (Phi) is 6.99. The van der Waals surface area contributed by atoms with Gasteiger partial charge in [0.05, 0.1) is 11.4 Å². The SMILES string of the molecule is CCCNC(=O)n1nc(-c2cc(NC(=O)c3ccc(Cl)cc3)ccc2O)cc1C1CCCC1. The van der Waals surface area contributed by atoms with E-state index in [0.29, 0.717) is 34.1 Å². The second kappa shape index (κ2) is 10.1. The van der Waals surface area contributed by atoms with Crippen molar-refractivity contribution in [1.29, 1.82) is 0 Å². The van der Waals surface area contributed by atoms with Crippen molar-refractivity contribution in [3.8, 4) is 17.0 Å². The highest BCUT2D eigenvalue weighted by Gasteiger charge is 2.26. The molecule has 0 saturated heterocycles. The van der Waals surface area contributed by atoms with Crippen LogP contribution in [0.3, 0.4) is 0 Å². The first-order valence-electron chi connectivity index (χ1n) is 11.2. The van der Waals surface area contributed by atoms with E-state index in [2.05, 4.69) is 15.7 Å². The van der Waals surface area contributed by atoms with Crippen LogP contribution in [0, 0.1) is 0 Å². The maximum atomic E-state index is 12.8. The van der Waals surface area contributed by atoms with Crippen LogP contribution in [-0.2, 0) is 0 Å². The van der Waals surface area contributed by atoms with Crippen molar-refractivity contribution in [2.75, 3.05) is 11.9 Å². The molecule has 0 aliphatic heterocycles. The molecule has 1 aliphatic rings. The van der Waals surface area contributed by atoms with Crippen LogP contribution < -0.4 is 10.6 Å². The molecule has 8 heteroatoms. The van der Waals surface area contributed by atoms with E-state index >= 15 is 0 Å². The highest BCUT2D eigenvalue weighted by Crippen LogP contribution is 2.38. The normalized spacial score (nSPS) is 13.8. The molecule has 0 bridgehead atoms. The third-order valence-electron chi connectivity index (χ3n) is 5.87. The number of aromatic nitrogens is 2. The Morgan fingerprint density at radius 3 is 2.55 bits per heavy atom. The Bertz CT molecular complexity index is 1150. The molecule has 1 heterocycles. The lowest BCUT2D eigenvalue weighted by molar-refractivity contribution is 0.102. The van der Waals surface area contributed by atoms with E-state index in [0.717, 1.165) is 37.8 Å².